The van der Waals surface area contributed by atoms with Crippen molar-refractivity contribution in [2.75, 3.05) is 5.73 Å². The molecule has 0 atom stereocenters. The van der Waals surface area contributed by atoms with Gasteiger partial charge in [-0.2, -0.15) is 5.10 Å². The molecule has 0 fully saturated rings. The molecule has 0 aliphatic heterocycles. The second kappa shape index (κ2) is 3.63. The van der Waals surface area contributed by atoms with Crippen LogP contribution in [0.3, 0.4) is 0 Å². The fourth-order valence-electron chi connectivity index (χ4n) is 1.45. The average molecular weight is 216 g/mol. The summed E-state index contributed by atoms with van der Waals surface area (Å²) in [6.07, 6.45) is 7.27. The maximum absolute atomic E-state index is 5.70. The van der Waals surface area contributed by atoms with E-state index >= 15 is 0 Å². The molecule has 0 saturated heterocycles. The van der Waals surface area contributed by atoms with Gasteiger partial charge in [0, 0.05) is 29.7 Å². The minimum absolute atomic E-state index is 0.00793. The fourth-order valence-corrected chi connectivity index (χ4v) is 1.45. The van der Waals surface area contributed by atoms with Crippen LogP contribution in [0, 0.1) is 0 Å². The number of pyridine rings is 1. The summed E-state index contributed by atoms with van der Waals surface area (Å²) in [5, 5.41) is 4.34. The average Bonchev–Trinajstić information content (AvgIpc) is 2.65. The lowest BCUT2D eigenvalue weighted by Gasteiger charge is -2.18. The van der Waals surface area contributed by atoms with Crippen LogP contribution in [-0.4, -0.2) is 14.8 Å². The summed E-state index contributed by atoms with van der Waals surface area (Å²) < 4.78 is 1.94. The van der Waals surface area contributed by atoms with Crippen molar-refractivity contribution in [2.45, 2.75) is 26.3 Å². The van der Waals surface area contributed by atoms with Gasteiger partial charge in [-0.25, -0.2) is 0 Å². The molecule has 4 nitrogen and oxygen atoms in total. The lowest BCUT2D eigenvalue weighted by molar-refractivity contribution is 0.355. The molecule has 2 rings (SSSR count). The summed E-state index contributed by atoms with van der Waals surface area (Å²) in [5.41, 5.74) is 8.39. The van der Waals surface area contributed by atoms with E-state index in [1.807, 2.05) is 23.1 Å². The normalized spacial score (nSPS) is 11.7. The van der Waals surface area contributed by atoms with Gasteiger partial charge in [-0.1, -0.05) is 0 Å². The van der Waals surface area contributed by atoms with Crippen molar-refractivity contribution in [3.05, 3.63) is 30.9 Å². The Labute approximate surface area is 95.1 Å². The highest BCUT2D eigenvalue weighted by atomic mass is 15.3. The van der Waals surface area contributed by atoms with Crippen LogP contribution in [0.4, 0.5) is 5.69 Å². The van der Waals surface area contributed by atoms with Crippen molar-refractivity contribution in [3.8, 4) is 11.1 Å². The highest BCUT2D eigenvalue weighted by Crippen LogP contribution is 2.22. The zero-order valence-corrected chi connectivity index (χ0v) is 9.81. The van der Waals surface area contributed by atoms with Gasteiger partial charge in [-0.15, -0.1) is 0 Å². The molecule has 2 aromatic rings. The third kappa shape index (κ3) is 2.05. The van der Waals surface area contributed by atoms with Gasteiger partial charge in [0.1, 0.15) is 0 Å². The SMILES string of the molecule is CC(C)(C)n1cc(-c2cncc(N)c2)cn1. The largest absolute Gasteiger partial charge is 0.397 e. The van der Waals surface area contributed by atoms with E-state index in [4.69, 9.17) is 5.73 Å². The molecule has 0 aliphatic carbocycles. The first-order chi connectivity index (χ1) is 7.47. The van der Waals surface area contributed by atoms with Gasteiger partial charge in [-0.05, 0) is 26.8 Å². The summed E-state index contributed by atoms with van der Waals surface area (Å²) in [6.45, 7) is 6.34. The first-order valence-corrected chi connectivity index (χ1v) is 5.23. The number of nitrogens with two attached hydrogens (primary N) is 1. The third-order valence-electron chi connectivity index (χ3n) is 2.36. The van der Waals surface area contributed by atoms with Gasteiger partial charge in [-0.3, -0.25) is 9.67 Å². The van der Waals surface area contributed by atoms with Crippen LogP contribution < -0.4 is 5.73 Å². The smallest absolute Gasteiger partial charge is 0.0569 e. The molecule has 0 spiro atoms. The maximum Gasteiger partial charge on any atom is 0.0569 e. The Balaban J connectivity index is 2.39. The molecule has 16 heavy (non-hydrogen) atoms. The van der Waals surface area contributed by atoms with E-state index in [1.165, 1.54) is 0 Å². The predicted molar refractivity (Wildman–Crippen MR) is 64.9 cm³/mol. The van der Waals surface area contributed by atoms with Crippen molar-refractivity contribution >= 4 is 5.69 Å². The minimum atomic E-state index is -0.00793. The predicted octanol–water partition coefficient (Wildman–Crippen LogP) is 2.28. The summed E-state index contributed by atoms with van der Waals surface area (Å²) >= 11 is 0. The van der Waals surface area contributed by atoms with Crippen LogP contribution in [0.2, 0.25) is 0 Å². The second-order valence-electron chi connectivity index (χ2n) is 4.85. The molecule has 2 heterocycles. The van der Waals surface area contributed by atoms with E-state index in [2.05, 4.69) is 30.9 Å². The lowest BCUT2D eigenvalue weighted by atomic mass is 10.1. The van der Waals surface area contributed by atoms with E-state index in [-0.39, 0.29) is 5.54 Å². The van der Waals surface area contributed by atoms with E-state index in [0.29, 0.717) is 5.69 Å². The number of anilines is 1. The Hall–Kier alpha value is -1.84. The van der Waals surface area contributed by atoms with Gasteiger partial charge in [0.15, 0.2) is 0 Å². The van der Waals surface area contributed by atoms with Crippen LogP contribution in [0.1, 0.15) is 20.8 Å². The van der Waals surface area contributed by atoms with Crippen molar-refractivity contribution in [3.63, 3.8) is 0 Å². The molecular formula is C12H16N4. The molecule has 0 bridgehead atoms. The van der Waals surface area contributed by atoms with Gasteiger partial charge < -0.3 is 5.73 Å². The molecule has 84 valence electrons. The summed E-state index contributed by atoms with van der Waals surface area (Å²) in [4.78, 5) is 4.07. The maximum atomic E-state index is 5.70. The van der Waals surface area contributed by atoms with Crippen LogP contribution >= 0.6 is 0 Å². The topological polar surface area (TPSA) is 56.7 Å². The molecule has 0 unspecified atom stereocenters. The number of aromatic nitrogens is 3. The number of hydrogen-bond acceptors (Lipinski definition) is 3. The van der Waals surface area contributed by atoms with Crippen molar-refractivity contribution in [1.29, 1.82) is 0 Å². The number of hydrogen-bond donors (Lipinski definition) is 1. The third-order valence-corrected chi connectivity index (χ3v) is 2.36. The molecule has 0 radical (unpaired) electrons. The summed E-state index contributed by atoms with van der Waals surface area (Å²) in [5.74, 6) is 0. The van der Waals surface area contributed by atoms with Crippen molar-refractivity contribution < 1.29 is 0 Å². The molecule has 2 N–H and O–H groups in total. The molecule has 2 aromatic heterocycles. The quantitative estimate of drug-likeness (QED) is 0.795. The van der Waals surface area contributed by atoms with Crippen LogP contribution in [0.25, 0.3) is 11.1 Å². The Morgan fingerprint density at radius 1 is 1.12 bits per heavy atom. The fraction of sp³-hybridized carbons (Fsp3) is 0.333. The highest BCUT2D eigenvalue weighted by molar-refractivity contribution is 5.64. The first kappa shape index (κ1) is 10.7. The molecule has 0 aromatic carbocycles. The zero-order valence-electron chi connectivity index (χ0n) is 9.81. The van der Waals surface area contributed by atoms with Crippen LogP contribution in [0.15, 0.2) is 30.9 Å². The van der Waals surface area contributed by atoms with Gasteiger partial charge in [0.25, 0.3) is 0 Å². The Morgan fingerprint density at radius 3 is 2.44 bits per heavy atom. The van der Waals surface area contributed by atoms with Gasteiger partial charge >= 0.3 is 0 Å². The van der Waals surface area contributed by atoms with E-state index in [9.17, 15) is 0 Å². The Bertz CT molecular complexity index is 494. The second-order valence-corrected chi connectivity index (χ2v) is 4.85. The zero-order chi connectivity index (χ0) is 11.8. The standard InChI is InChI=1S/C12H16N4/c1-12(2,3)16-8-10(6-15-16)9-4-11(13)7-14-5-9/h4-8H,13H2,1-3H3. The number of rotatable bonds is 1. The summed E-state index contributed by atoms with van der Waals surface area (Å²) in [6, 6.07) is 1.90. The molecule has 0 amide bonds. The van der Waals surface area contributed by atoms with Crippen LogP contribution in [0.5, 0.6) is 0 Å². The first-order valence-electron chi connectivity index (χ1n) is 5.23. The Morgan fingerprint density at radius 2 is 1.88 bits per heavy atom. The van der Waals surface area contributed by atoms with E-state index < -0.39 is 0 Å². The van der Waals surface area contributed by atoms with Gasteiger partial charge in [0.2, 0.25) is 0 Å². The van der Waals surface area contributed by atoms with Gasteiger partial charge in [0.05, 0.1) is 17.4 Å². The number of nitrogens with zero attached hydrogens (tertiary/aromatic N) is 3. The Kier molecular flexibility index (Phi) is 2.42. The van der Waals surface area contributed by atoms with Crippen LogP contribution in [-0.2, 0) is 5.54 Å². The number of nitrogen functional groups attached to an aromatic ring is 1. The highest BCUT2D eigenvalue weighted by Gasteiger charge is 2.14. The van der Waals surface area contributed by atoms with E-state index in [0.717, 1.165) is 11.1 Å². The van der Waals surface area contributed by atoms with Crippen molar-refractivity contribution in [2.24, 2.45) is 0 Å². The molecule has 0 saturated carbocycles. The summed E-state index contributed by atoms with van der Waals surface area (Å²) in [7, 11) is 0. The monoisotopic (exact) mass is 216 g/mol. The molecule has 4 heteroatoms. The minimum Gasteiger partial charge on any atom is -0.397 e. The van der Waals surface area contributed by atoms with E-state index in [1.54, 1.807) is 12.4 Å². The van der Waals surface area contributed by atoms with Crippen molar-refractivity contribution in [1.82, 2.24) is 14.8 Å². The molecule has 0 aliphatic rings. The molecular weight excluding hydrogens is 200 g/mol. The lowest BCUT2D eigenvalue weighted by Crippen LogP contribution is -2.21.